The average molecular weight is 504 g/mol. The molecule has 3 nitrogen and oxygen atoms in total. The summed E-state index contributed by atoms with van der Waals surface area (Å²) < 4.78 is 2.12. The van der Waals surface area contributed by atoms with Crippen molar-refractivity contribution >= 4 is 62.4 Å². The molecule has 2 aliphatic rings. The Hall–Kier alpha value is 0.480. The van der Waals surface area contributed by atoms with Gasteiger partial charge in [0.2, 0.25) is 0 Å². The number of nitrogen functional groups attached to an aromatic ring is 1. The second-order valence-electron chi connectivity index (χ2n) is 6.52. The zero-order chi connectivity index (χ0) is 15.5. The van der Waals surface area contributed by atoms with Crippen molar-refractivity contribution in [3.63, 3.8) is 0 Å². The third-order valence-electron chi connectivity index (χ3n) is 5.09. The van der Waals surface area contributed by atoms with Crippen LogP contribution in [0.15, 0.2) is 21.1 Å². The molecule has 1 aromatic rings. The van der Waals surface area contributed by atoms with Crippen LogP contribution in [0.1, 0.15) is 43.7 Å². The van der Waals surface area contributed by atoms with Gasteiger partial charge in [0.1, 0.15) is 0 Å². The van der Waals surface area contributed by atoms with Crippen LogP contribution < -0.4 is 11.1 Å². The summed E-state index contributed by atoms with van der Waals surface area (Å²) >= 11 is 7.27. The predicted octanol–water partition coefficient (Wildman–Crippen LogP) is 5.16. The average Bonchev–Trinajstić information content (AvgIpc) is 2.54. The zero-order valence-corrected chi connectivity index (χ0v) is 18.6. The Balaban J connectivity index is 0.00000144. The molecule has 2 fully saturated rings. The van der Waals surface area contributed by atoms with Gasteiger partial charge in [0, 0.05) is 41.2 Å². The number of nitrogens with zero attached hydrogens (tertiary/aromatic N) is 1. The highest BCUT2D eigenvalue weighted by atomic mass is 79.9. The summed E-state index contributed by atoms with van der Waals surface area (Å²) in [4.78, 5) is 2.65. The molecule has 1 aliphatic carbocycles. The van der Waals surface area contributed by atoms with Crippen LogP contribution in [-0.2, 0) is 0 Å². The van der Waals surface area contributed by atoms with Crippen molar-refractivity contribution in [1.29, 1.82) is 0 Å². The Bertz CT molecular complexity index is 501. The van der Waals surface area contributed by atoms with Gasteiger partial charge < -0.3 is 11.1 Å². The van der Waals surface area contributed by atoms with Gasteiger partial charge in [0.05, 0.1) is 5.69 Å². The van der Waals surface area contributed by atoms with Gasteiger partial charge in [0.15, 0.2) is 0 Å². The molecule has 3 N–H and O–H groups in total. The summed E-state index contributed by atoms with van der Waals surface area (Å²) in [5, 5.41) is 3.47. The first-order chi connectivity index (χ1) is 10.7. The van der Waals surface area contributed by atoms with E-state index >= 15 is 0 Å². The molecule has 0 aromatic heterocycles. The molecule has 0 amide bonds. The number of anilines is 1. The van der Waals surface area contributed by atoms with Crippen LogP contribution in [0.3, 0.4) is 0 Å². The maximum Gasteiger partial charge on any atom is 0.0507 e. The standard InChI is InChI=1S/C17H25Br2N3.2ClH/c18-13-10-14(16(20)15(19)11-13)17(12-4-2-1-3-5-12)22-8-6-21-7-9-22;;/h10-12,17,21H,1-9,20H2;2*1H/t17-;;/m0../s1. The summed E-state index contributed by atoms with van der Waals surface area (Å²) in [5.41, 5.74) is 8.67. The molecular formula is C17H27Br2Cl2N3. The third kappa shape index (κ3) is 5.24. The third-order valence-corrected chi connectivity index (χ3v) is 6.20. The number of hydrogen-bond donors (Lipinski definition) is 2. The molecule has 1 saturated carbocycles. The molecule has 1 aliphatic heterocycles. The van der Waals surface area contributed by atoms with E-state index < -0.39 is 0 Å². The maximum atomic E-state index is 6.46. The second-order valence-corrected chi connectivity index (χ2v) is 8.29. The number of nitrogens with one attached hydrogen (secondary N) is 1. The molecule has 1 saturated heterocycles. The molecule has 24 heavy (non-hydrogen) atoms. The fraction of sp³-hybridized carbons (Fsp3) is 0.647. The Morgan fingerprint density at radius 2 is 1.67 bits per heavy atom. The highest BCUT2D eigenvalue weighted by Crippen LogP contribution is 2.43. The van der Waals surface area contributed by atoms with Crippen LogP contribution >= 0.6 is 56.7 Å². The van der Waals surface area contributed by atoms with Gasteiger partial charge in [0.25, 0.3) is 0 Å². The largest absolute Gasteiger partial charge is 0.398 e. The molecule has 0 unspecified atom stereocenters. The monoisotopic (exact) mass is 501 g/mol. The first-order valence-electron chi connectivity index (χ1n) is 8.36. The van der Waals surface area contributed by atoms with Crippen molar-refractivity contribution in [3.8, 4) is 0 Å². The van der Waals surface area contributed by atoms with Crippen LogP contribution in [0.5, 0.6) is 0 Å². The van der Waals surface area contributed by atoms with Gasteiger partial charge in [-0.2, -0.15) is 0 Å². The van der Waals surface area contributed by atoms with Gasteiger partial charge in [-0.3, -0.25) is 4.90 Å². The van der Waals surface area contributed by atoms with Crippen LogP contribution in [-0.4, -0.2) is 31.1 Å². The lowest BCUT2D eigenvalue weighted by atomic mass is 9.79. The molecule has 7 heteroatoms. The summed E-state index contributed by atoms with van der Waals surface area (Å²) in [6.45, 7) is 4.39. The minimum atomic E-state index is 0. The van der Waals surface area contributed by atoms with E-state index in [9.17, 15) is 0 Å². The van der Waals surface area contributed by atoms with Crippen molar-refractivity contribution in [1.82, 2.24) is 10.2 Å². The Labute approximate surface area is 174 Å². The van der Waals surface area contributed by atoms with Crippen molar-refractivity contribution in [2.24, 2.45) is 5.92 Å². The van der Waals surface area contributed by atoms with E-state index in [-0.39, 0.29) is 24.8 Å². The first-order valence-corrected chi connectivity index (χ1v) is 9.94. The molecule has 0 radical (unpaired) electrons. The quantitative estimate of drug-likeness (QED) is 0.559. The van der Waals surface area contributed by atoms with E-state index in [0.29, 0.717) is 6.04 Å². The van der Waals surface area contributed by atoms with Crippen LogP contribution in [0.4, 0.5) is 5.69 Å². The number of piperazine rings is 1. The Kier molecular flexibility index (Phi) is 9.93. The van der Waals surface area contributed by atoms with E-state index in [2.05, 4.69) is 54.2 Å². The Morgan fingerprint density at radius 1 is 1.04 bits per heavy atom. The van der Waals surface area contributed by atoms with Gasteiger partial charge in [-0.05, 0) is 52.4 Å². The normalized spacial score (nSPS) is 20.8. The van der Waals surface area contributed by atoms with Gasteiger partial charge in [-0.25, -0.2) is 0 Å². The van der Waals surface area contributed by atoms with Gasteiger partial charge in [-0.15, -0.1) is 24.8 Å². The molecule has 3 rings (SSSR count). The van der Waals surface area contributed by atoms with E-state index in [1.54, 1.807) is 0 Å². The second kappa shape index (κ2) is 10.6. The van der Waals surface area contributed by atoms with Crippen molar-refractivity contribution in [2.75, 3.05) is 31.9 Å². The van der Waals surface area contributed by atoms with Gasteiger partial charge >= 0.3 is 0 Å². The van der Waals surface area contributed by atoms with E-state index in [0.717, 1.165) is 46.7 Å². The minimum Gasteiger partial charge on any atom is -0.398 e. The van der Waals surface area contributed by atoms with Crippen molar-refractivity contribution < 1.29 is 0 Å². The van der Waals surface area contributed by atoms with Crippen LogP contribution in [0.2, 0.25) is 0 Å². The van der Waals surface area contributed by atoms with Crippen LogP contribution in [0.25, 0.3) is 0 Å². The number of nitrogens with two attached hydrogens (primary N) is 1. The molecule has 0 bridgehead atoms. The van der Waals surface area contributed by atoms with E-state index in [1.807, 2.05) is 0 Å². The van der Waals surface area contributed by atoms with E-state index in [4.69, 9.17) is 5.73 Å². The zero-order valence-electron chi connectivity index (χ0n) is 13.8. The van der Waals surface area contributed by atoms with E-state index in [1.165, 1.54) is 37.7 Å². The summed E-state index contributed by atoms with van der Waals surface area (Å²) in [7, 11) is 0. The molecule has 1 atom stereocenters. The summed E-state index contributed by atoms with van der Waals surface area (Å²) in [5.74, 6) is 0.732. The SMILES string of the molecule is Cl.Cl.Nc1c(Br)cc(Br)cc1[C@H](C1CCCCC1)N1CCNCC1. The predicted molar refractivity (Wildman–Crippen MR) is 115 cm³/mol. The molecule has 1 aromatic carbocycles. The van der Waals surface area contributed by atoms with Crippen LogP contribution in [0, 0.1) is 5.92 Å². The number of hydrogen-bond acceptors (Lipinski definition) is 3. The fourth-order valence-electron chi connectivity index (χ4n) is 4.01. The number of benzene rings is 1. The minimum absolute atomic E-state index is 0. The number of halogens is 4. The fourth-order valence-corrected chi connectivity index (χ4v) is 5.27. The lowest BCUT2D eigenvalue weighted by molar-refractivity contribution is 0.104. The highest BCUT2D eigenvalue weighted by molar-refractivity contribution is 9.11. The van der Waals surface area contributed by atoms with Crippen molar-refractivity contribution in [2.45, 2.75) is 38.1 Å². The molecule has 138 valence electrons. The number of rotatable bonds is 3. The maximum absolute atomic E-state index is 6.46. The lowest BCUT2D eigenvalue weighted by Crippen LogP contribution is -2.47. The lowest BCUT2D eigenvalue weighted by Gasteiger charge is -2.41. The smallest absolute Gasteiger partial charge is 0.0507 e. The summed E-state index contributed by atoms with van der Waals surface area (Å²) in [6, 6.07) is 4.74. The highest BCUT2D eigenvalue weighted by Gasteiger charge is 2.32. The summed E-state index contributed by atoms with van der Waals surface area (Å²) in [6.07, 6.45) is 6.78. The Morgan fingerprint density at radius 3 is 2.29 bits per heavy atom. The molecule has 0 spiro atoms. The topological polar surface area (TPSA) is 41.3 Å². The molecular weight excluding hydrogens is 477 g/mol. The first kappa shape index (κ1) is 22.5. The van der Waals surface area contributed by atoms with Gasteiger partial charge in [-0.1, -0.05) is 35.2 Å². The van der Waals surface area contributed by atoms with Crippen molar-refractivity contribution in [3.05, 3.63) is 26.6 Å². The molecule has 1 heterocycles.